The number of hydrogen-bond donors (Lipinski definition) is 1. The van der Waals surface area contributed by atoms with Crippen LogP contribution in [-0.4, -0.2) is 15.5 Å². The van der Waals surface area contributed by atoms with Gasteiger partial charge in [0.1, 0.15) is 0 Å². The van der Waals surface area contributed by atoms with E-state index in [1.54, 1.807) is 16.7 Å². The summed E-state index contributed by atoms with van der Waals surface area (Å²) in [4.78, 5) is 11.4. The zero-order chi connectivity index (χ0) is 7.84. The van der Waals surface area contributed by atoms with E-state index in [4.69, 9.17) is 5.11 Å². The summed E-state index contributed by atoms with van der Waals surface area (Å²) in [5.41, 5.74) is 0.344. The van der Waals surface area contributed by atoms with Crippen molar-refractivity contribution in [2.24, 2.45) is 0 Å². The molecule has 0 spiro atoms. The van der Waals surface area contributed by atoms with Crippen molar-refractivity contribution in [3.63, 3.8) is 0 Å². The summed E-state index contributed by atoms with van der Waals surface area (Å²) in [7, 11) is 0. The highest BCUT2D eigenvalue weighted by atomic mass is 32.1. The quantitative estimate of drug-likeness (QED) is 0.702. The van der Waals surface area contributed by atoms with Crippen molar-refractivity contribution in [1.29, 1.82) is 0 Å². The van der Waals surface area contributed by atoms with E-state index in [1.807, 2.05) is 11.6 Å². The van der Waals surface area contributed by atoms with E-state index >= 15 is 0 Å². The average Bonchev–Trinajstić information content (AvgIpc) is 2.40. The minimum absolute atomic E-state index is 0.344. The topological polar surface area (TPSA) is 41.7 Å². The molecule has 2 rings (SSSR count). The van der Waals surface area contributed by atoms with Crippen LogP contribution >= 0.6 is 11.3 Å². The van der Waals surface area contributed by atoms with E-state index in [0.717, 1.165) is 4.83 Å². The van der Waals surface area contributed by atoms with Gasteiger partial charge >= 0.3 is 5.97 Å². The summed E-state index contributed by atoms with van der Waals surface area (Å²) in [5.74, 6) is -0.874. The second kappa shape index (κ2) is 2.10. The average molecular weight is 167 g/mol. The number of carboxylic acid groups (broad SMARTS) is 1. The predicted octanol–water partition coefficient (Wildman–Crippen LogP) is 1.70. The van der Waals surface area contributed by atoms with Gasteiger partial charge < -0.3 is 9.51 Å². The van der Waals surface area contributed by atoms with Crippen molar-refractivity contribution in [1.82, 2.24) is 4.40 Å². The van der Waals surface area contributed by atoms with Crippen LogP contribution in [0.2, 0.25) is 0 Å². The molecule has 1 N–H and O–H groups in total. The van der Waals surface area contributed by atoms with Crippen molar-refractivity contribution in [3.8, 4) is 0 Å². The van der Waals surface area contributed by atoms with E-state index in [0.29, 0.717) is 5.56 Å². The van der Waals surface area contributed by atoms with Crippen molar-refractivity contribution < 1.29 is 9.90 Å². The lowest BCUT2D eigenvalue weighted by atomic mass is 10.4. The van der Waals surface area contributed by atoms with Crippen molar-refractivity contribution >= 4 is 22.1 Å². The molecule has 0 aliphatic heterocycles. The molecule has 0 radical (unpaired) electrons. The van der Waals surface area contributed by atoms with Gasteiger partial charge in [0, 0.05) is 17.8 Å². The molecule has 0 aromatic carbocycles. The predicted molar refractivity (Wildman–Crippen MR) is 42.2 cm³/mol. The molecular weight excluding hydrogens is 162 g/mol. The highest BCUT2D eigenvalue weighted by Gasteiger charge is 2.05. The third-order valence-corrected chi connectivity index (χ3v) is 2.30. The molecule has 2 aromatic rings. The van der Waals surface area contributed by atoms with Gasteiger partial charge in [-0.15, -0.1) is 11.3 Å². The number of aromatic carboxylic acids is 1. The second-order valence-electron chi connectivity index (χ2n) is 2.18. The third-order valence-electron chi connectivity index (χ3n) is 1.47. The highest BCUT2D eigenvalue weighted by Crippen LogP contribution is 2.15. The molecule has 56 valence electrons. The van der Waals surface area contributed by atoms with Crippen LogP contribution in [0.15, 0.2) is 23.8 Å². The maximum absolute atomic E-state index is 10.5. The minimum Gasteiger partial charge on any atom is -0.478 e. The van der Waals surface area contributed by atoms with Crippen LogP contribution in [0.1, 0.15) is 10.4 Å². The van der Waals surface area contributed by atoms with E-state index in [2.05, 4.69) is 0 Å². The Balaban J connectivity index is 2.67. The molecule has 0 atom stereocenters. The fourth-order valence-corrected chi connectivity index (χ4v) is 1.71. The van der Waals surface area contributed by atoms with Crippen LogP contribution in [-0.2, 0) is 0 Å². The molecule has 0 saturated carbocycles. The van der Waals surface area contributed by atoms with Gasteiger partial charge in [-0.05, 0) is 6.07 Å². The Morgan fingerprint density at radius 2 is 2.45 bits per heavy atom. The molecule has 0 amide bonds. The number of carbonyl (C=O) groups is 1. The fourth-order valence-electron chi connectivity index (χ4n) is 0.952. The summed E-state index contributed by atoms with van der Waals surface area (Å²) in [6.45, 7) is 0. The molecule has 3 nitrogen and oxygen atoms in total. The van der Waals surface area contributed by atoms with Gasteiger partial charge in [0.2, 0.25) is 0 Å². The van der Waals surface area contributed by atoms with E-state index in [-0.39, 0.29) is 0 Å². The third kappa shape index (κ3) is 0.914. The molecule has 0 bridgehead atoms. The zero-order valence-electron chi connectivity index (χ0n) is 5.52. The van der Waals surface area contributed by atoms with E-state index in [1.165, 1.54) is 11.3 Å². The van der Waals surface area contributed by atoms with Gasteiger partial charge in [0.25, 0.3) is 0 Å². The largest absolute Gasteiger partial charge is 0.478 e. The zero-order valence-corrected chi connectivity index (χ0v) is 6.34. The smallest absolute Gasteiger partial charge is 0.337 e. The highest BCUT2D eigenvalue weighted by molar-refractivity contribution is 7.15. The Hall–Kier alpha value is -1.29. The Morgan fingerprint density at radius 3 is 3.09 bits per heavy atom. The van der Waals surface area contributed by atoms with Crippen LogP contribution < -0.4 is 0 Å². The lowest BCUT2D eigenvalue weighted by molar-refractivity contribution is 0.0697. The summed E-state index contributed by atoms with van der Waals surface area (Å²) in [6.07, 6.45) is 3.45. The van der Waals surface area contributed by atoms with E-state index < -0.39 is 5.97 Å². The first kappa shape index (κ1) is 6.42. The van der Waals surface area contributed by atoms with Crippen molar-refractivity contribution in [3.05, 3.63) is 29.4 Å². The molecule has 11 heavy (non-hydrogen) atoms. The van der Waals surface area contributed by atoms with Crippen molar-refractivity contribution in [2.75, 3.05) is 0 Å². The Morgan fingerprint density at radius 1 is 1.64 bits per heavy atom. The van der Waals surface area contributed by atoms with Crippen molar-refractivity contribution in [2.45, 2.75) is 0 Å². The monoisotopic (exact) mass is 167 g/mol. The van der Waals surface area contributed by atoms with Crippen LogP contribution in [0, 0.1) is 0 Å². The van der Waals surface area contributed by atoms with E-state index in [9.17, 15) is 4.79 Å². The molecule has 0 aliphatic rings. The lowest BCUT2D eigenvalue weighted by Crippen LogP contribution is -1.91. The van der Waals surface area contributed by atoms with Crippen LogP contribution in [0.25, 0.3) is 4.83 Å². The van der Waals surface area contributed by atoms with Gasteiger partial charge in [0.15, 0.2) is 0 Å². The van der Waals surface area contributed by atoms with Gasteiger partial charge in [-0.1, -0.05) is 0 Å². The Bertz CT molecular complexity index is 373. The summed E-state index contributed by atoms with van der Waals surface area (Å²) in [5, 5.41) is 10.5. The molecule has 0 unspecified atom stereocenters. The molecule has 0 aliphatic carbocycles. The minimum atomic E-state index is -0.874. The normalized spacial score (nSPS) is 10.5. The van der Waals surface area contributed by atoms with Crippen LogP contribution in [0.3, 0.4) is 0 Å². The number of hydrogen-bond acceptors (Lipinski definition) is 2. The number of carboxylic acids is 1. The summed E-state index contributed by atoms with van der Waals surface area (Å²) >= 11 is 1.53. The Kier molecular flexibility index (Phi) is 1.22. The molecule has 2 aromatic heterocycles. The van der Waals surface area contributed by atoms with Crippen LogP contribution in [0.4, 0.5) is 0 Å². The first-order valence-corrected chi connectivity index (χ1v) is 3.94. The molecule has 4 heteroatoms. The molecule has 0 saturated heterocycles. The standard InChI is InChI=1S/C7H5NO2S/c9-7(10)5-3-6-8(4-5)1-2-11-6/h1-4H,(H,9,10). The second-order valence-corrected chi connectivity index (χ2v) is 3.11. The first-order valence-electron chi connectivity index (χ1n) is 3.06. The summed E-state index contributed by atoms with van der Waals surface area (Å²) in [6, 6.07) is 1.66. The molecule has 2 heterocycles. The van der Waals surface area contributed by atoms with Gasteiger partial charge in [0.05, 0.1) is 10.4 Å². The van der Waals surface area contributed by atoms with Crippen LogP contribution in [0.5, 0.6) is 0 Å². The summed E-state index contributed by atoms with van der Waals surface area (Å²) < 4.78 is 1.80. The maximum Gasteiger partial charge on any atom is 0.337 e. The molecular formula is C7H5NO2S. The first-order chi connectivity index (χ1) is 5.27. The SMILES string of the molecule is O=C(O)c1cc2sccn2c1. The lowest BCUT2D eigenvalue weighted by Gasteiger charge is -1.80. The number of fused-ring (bicyclic) bond motifs is 1. The fraction of sp³-hybridized carbons (Fsp3) is 0. The van der Waals surface area contributed by atoms with Gasteiger partial charge in [-0.3, -0.25) is 0 Å². The number of aromatic nitrogens is 1. The van der Waals surface area contributed by atoms with Gasteiger partial charge in [-0.25, -0.2) is 4.79 Å². The Labute approximate surface area is 66.5 Å². The number of rotatable bonds is 1. The van der Waals surface area contributed by atoms with Gasteiger partial charge in [-0.2, -0.15) is 0 Å². The number of nitrogens with zero attached hydrogens (tertiary/aromatic N) is 1. The number of thiazole rings is 1. The maximum atomic E-state index is 10.5. The molecule has 0 fully saturated rings.